The average molecular weight is 456 g/mol. The molecular formula is C29H33N3O2. The van der Waals surface area contributed by atoms with Gasteiger partial charge in [-0.05, 0) is 60.6 Å². The maximum Gasteiger partial charge on any atom is 0.254 e. The number of aromatic nitrogens is 2. The third kappa shape index (κ3) is 5.37. The quantitative estimate of drug-likeness (QED) is 0.403. The highest BCUT2D eigenvalue weighted by Gasteiger charge is 2.33. The van der Waals surface area contributed by atoms with Gasteiger partial charge in [0.05, 0.1) is 0 Å². The number of carbonyl (C=O) groups excluding carboxylic acids is 1. The van der Waals surface area contributed by atoms with Gasteiger partial charge in [0, 0.05) is 61.4 Å². The van der Waals surface area contributed by atoms with Crippen molar-refractivity contribution in [1.82, 2.24) is 14.9 Å². The van der Waals surface area contributed by atoms with Crippen LogP contribution in [0.4, 0.5) is 0 Å². The van der Waals surface area contributed by atoms with Crippen LogP contribution in [-0.2, 0) is 11.2 Å². The molecule has 5 nitrogen and oxygen atoms in total. The molecule has 5 rings (SSSR count). The Hall–Kier alpha value is -3.44. The predicted octanol–water partition coefficient (Wildman–Crippen LogP) is 5.98. The Bertz CT molecular complexity index is 1170. The number of rotatable bonds is 5. The van der Waals surface area contributed by atoms with E-state index in [9.17, 15) is 4.79 Å². The first-order valence-corrected chi connectivity index (χ1v) is 11.9. The van der Waals surface area contributed by atoms with Crippen molar-refractivity contribution in [2.75, 3.05) is 20.8 Å². The first-order chi connectivity index (χ1) is 16.6. The van der Waals surface area contributed by atoms with Crippen molar-refractivity contribution in [3.63, 3.8) is 0 Å². The fraction of sp³-hybridized carbons (Fsp3) is 0.310. The summed E-state index contributed by atoms with van der Waals surface area (Å²) in [7, 11) is 3.25. The molecule has 0 saturated carbocycles. The summed E-state index contributed by atoms with van der Waals surface area (Å²) in [6, 6.07) is 22.8. The van der Waals surface area contributed by atoms with Crippen LogP contribution >= 0.6 is 0 Å². The summed E-state index contributed by atoms with van der Waals surface area (Å²) in [4.78, 5) is 23.1. The van der Waals surface area contributed by atoms with Crippen LogP contribution in [0.1, 0.15) is 35.8 Å². The topological polar surface area (TPSA) is 58.2 Å². The van der Waals surface area contributed by atoms with Gasteiger partial charge in [-0.2, -0.15) is 0 Å². The van der Waals surface area contributed by atoms with E-state index >= 15 is 0 Å². The molecule has 1 aliphatic heterocycles. The minimum atomic E-state index is 0.148. The summed E-state index contributed by atoms with van der Waals surface area (Å²) in [6.45, 7) is 3.10. The number of carbonyl (C=O) groups is 1. The number of hydrogen-bond acceptors (Lipinski definition) is 3. The Morgan fingerprint density at radius 2 is 1.79 bits per heavy atom. The number of methoxy groups -OCH3 is 1. The van der Waals surface area contributed by atoms with Gasteiger partial charge in [0.15, 0.2) is 0 Å². The monoisotopic (exact) mass is 455 g/mol. The lowest BCUT2D eigenvalue weighted by Gasteiger charge is -2.29. The maximum absolute atomic E-state index is 13.3. The van der Waals surface area contributed by atoms with Crippen LogP contribution < -0.4 is 0 Å². The van der Waals surface area contributed by atoms with E-state index in [1.165, 1.54) is 11.3 Å². The fourth-order valence-corrected chi connectivity index (χ4v) is 4.86. The molecule has 1 fully saturated rings. The van der Waals surface area contributed by atoms with Crippen LogP contribution in [0.3, 0.4) is 0 Å². The zero-order valence-corrected chi connectivity index (χ0v) is 20.2. The molecule has 0 aliphatic carbocycles. The van der Waals surface area contributed by atoms with Crippen molar-refractivity contribution in [2.45, 2.75) is 32.2 Å². The zero-order chi connectivity index (χ0) is 23.9. The van der Waals surface area contributed by atoms with Crippen LogP contribution in [0.15, 0.2) is 79.1 Å². The molecule has 0 bridgehead atoms. The Kier molecular flexibility index (Phi) is 7.76. The number of nitrogens with one attached hydrogen (secondary N) is 1. The Morgan fingerprint density at radius 3 is 2.50 bits per heavy atom. The fourth-order valence-electron chi connectivity index (χ4n) is 4.86. The molecule has 0 radical (unpaired) electrons. The number of benzene rings is 2. The molecule has 2 aromatic carbocycles. The third-order valence-corrected chi connectivity index (χ3v) is 6.47. The minimum absolute atomic E-state index is 0.148. The molecule has 0 spiro atoms. The zero-order valence-electron chi connectivity index (χ0n) is 20.2. The third-order valence-electron chi connectivity index (χ3n) is 6.47. The van der Waals surface area contributed by atoms with E-state index in [2.05, 4.69) is 56.9 Å². The number of hydrogen-bond donors (Lipinski definition) is 1. The van der Waals surface area contributed by atoms with Gasteiger partial charge in [0.2, 0.25) is 0 Å². The molecule has 4 aromatic rings. The van der Waals surface area contributed by atoms with Crippen LogP contribution in [0, 0.1) is 5.92 Å². The van der Waals surface area contributed by atoms with E-state index in [0.29, 0.717) is 5.92 Å². The number of pyridine rings is 1. The van der Waals surface area contributed by atoms with Gasteiger partial charge in [0.25, 0.3) is 5.91 Å². The molecule has 1 amide bonds. The van der Waals surface area contributed by atoms with Gasteiger partial charge in [-0.15, -0.1) is 0 Å². The normalized spacial score (nSPS) is 16.2. The SMILES string of the molecule is CC(Cc1cc2cnccc2[nH]1)C1CCCN1C(=O)c1ccc(-c2ccccc2)cc1.COC. The number of aromatic amines is 1. The highest BCUT2D eigenvalue weighted by molar-refractivity contribution is 5.95. The highest BCUT2D eigenvalue weighted by atomic mass is 16.4. The second-order valence-corrected chi connectivity index (χ2v) is 9.00. The van der Waals surface area contributed by atoms with E-state index in [1.807, 2.05) is 48.8 Å². The second-order valence-electron chi connectivity index (χ2n) is 9.00. The molecule has 2 unspecified atom stereocenters. The van der Waals surface area contributed by atoms with Gasteiger partial charge in [-0.1, -0.05) is 49.4 Å². The molecule has 1 saturated heterocycles. The van der Waals surface area contributed by atoms with E-state index in [0.717, 1.165) is 47.8 Å². The van der Waals surface area contributed by atoms with Crippen LogP contribution in [0.2, 0.25) is 0 Å². The van der Waals surface area contributed by atoms with Crippen LogP contribution in [-0.4, -0.2) is 47.6 Å². The van der Waals surface area contributed by atoms with Crippen molar-refractivity contribution >= 4 is 16.8 Å². The molecule has 2 atom stereocenters. The van der Waals surface area contributed by atoms with E-state index in [4.69, 9.17) is 0 Å². The van der Waals surface area contributed by atoms with Gasteiger partial charge >= 0.3 is 0 Å². The Balaban J connectivity index is 0.000000868. The molecule has 1 aliphatic rings. The smallest absolute Gasteiger partial charge is 0.254 e. The highest BCUT2D eigenvalue weighted by Crippen LogP contribution is 2.29. The van der Waals surface area contributed by atoms with Gasteiger partial charge in [-0.25, -0.2) is 0 Å². The number of fused-ring (bicyclic) bond motifs is 1. The van der Waals surface area contributed by atoms with Crippen molar-refractivity contribution < 1.29 is 9.53 Å². The number of ether oxygens (including phenoxy) is 1. The summed E-state index contributed by atoms with van der Waals surface area (Å²) >= 11 is 0. The lowest BCUT2D eigenvalue weighted by atomic mass is 9.94. The minimum Gasteiger partial charge on any atom is -0.388 e. The average Bonchev–Trinajstić information content (AvgIpc) is 3.52. The first kappa shape index (κ1) is 23.7. The van der Waals surface area contributed by atoms with Gasteiger partial charge < -0.3 is 14.6 Å². The summed E-state index contributed by atoms with van der Waals surface area (Å²) in [5.41, 5.74) is 5.41. The summed E-state index contributed by atoms with van der Waals surface area (Å²) in [5.74, 6) is 0.533. The Morgan fingerprint density at radius 1 is 1.09 bits per heavy atom. The van der Waals surface area contributed by atoms with Gasteiger partial charge in [0.1, 0.15) is 0 Å². The summed E-state index contributed by atoms with van der Waals surface area (Å²) < 4.78 is 4.25. The predicted molar refractivity (Wildman–Crippen MR) is 138 cm³/mol. The van der Waals surface area contributed by atoms with Crippen molar-refractivity contribution in [2.24, 2.45) is 5.92 Å². The Labute approximate surface area is 201 Å². The maximum atomic E-state index is 13.3. The first-order valence-electron chi connectivity index (χ1n) is 11.9. The van der Waals surface area contributed by atoms with Crippen molar-refractivity contribution in [3.8, 4) is 11.1 Å². The van der Waals surface area contributed by atoms with E-state index in [1.54, 1.807) is 14.2 Å². The van der Waals surface area contributed by atoms with Crippen LogP contribution in [0.5, 0.6) is 0 Å². The largest absolute Gasteiger partial charge is 0.388 e. The number of amides is 1. The number of likely N-dealkylation sites (tertiary alicyclic amines) is 1. The van der Waals surface area contributed by atoms with Crippen molar-refractivity contribution in [3.05, 3.63) is 90.4 Å². The molecule has 3 heterocycles. The van der Waals surface area contributed by atoms with Gasteiger partial charge in [-0.3, -0.25) is 9.78 Å². The summed E-state index contributed by atoms with van der Waals surface area (Å²) in [6.07, 6.45) is 6.77. The molecule has 5 heteroatoms. The molecule has 1 N–H and O–H groups in total. The molecular weight excluding hydrogens is 422 g/mol. The standard InChI is InChI=1S/C27H27N3O.C2H6O/c1-19(16-24-17-23-18-28-14-13-25(23)29-24)26-8-5-15-30(26)27(31)22-11-9-21(10-12-22)20-6-3-2-4-7-20;1-3-2/h2-4,6-7,9-14,17-19,26,29H,5,8,15-16H2,1H3;1-2H3. The molecule has 2 aromatic heterocycles. The van der Waals surface area contributed by atoms with Crippen LogP contribution in [0.25, 0.3) is 22.0 Å². The lowest BCUT2D eigenvalue weighted by molar-refractivity contribution is 0.0694. The number of nitrogens with zero attached hydrogens (tertiary/aromatic N) is 2. The lowest BCUT2D eigenvalue weighted by Crippen LogP contribution is -2.40. The van der Waals surface area contributed by atoms with E-state index < -0.39 is 0 Å². The second kappa shape index (κ2) is 11.1. The van der Waals surface area contributed by atoms with E-state index in [-0.39, 0.29) is 11.9 Å². The van der Waals surface area contributed by atoms with Crippen molar-refractivity contribution in [1.29, 1.82) is 0 Å². The number of H-pyrrole nitrogens is 1. The molecule has 34 heavy (non-hydrogen) atoms. The molecule has 176 valence electrons. The summed E-state index contributed by atoms with van der Waals surface area (Å²) in [5, 5.41) is 1.14.